The van der Waals surface area contributed by atoms with Crippen LogP contribution < -0.4 is 4.90 Å². The van der Waals surface area contributed by atoms with E-state index in [0.29, 0.717) is 40.3 Å². The number of benzene rings is 1. The normalized spacial score (nSPS) is 18.6. The Balaban J connectivity index is 1.93. The summed E-state index contributed by atoms with van der Waals surface area (Å²) in [7, 11) is 0. The van der Waals surface area contributed by atoms with Gasteiger partial charge in [-0.05, 0) is 56.4 Å². The molecule has 0 fully saturated rings. The summed E-state index contributed by atoms with van der Waals surface area (Å²) in [4.78, 5) is 42.4. The lowest BCUT2D eigenvalue weighted by atomic mass is 9.93. The molecule has 0 aromatic heterocycles. The second-order valence-corrected chi connectivity index (χ2v) is 7.58. The molecule has 0 spiro atoms. The average Bonchev–Trinajstić information content (AvgIpc) is 2.95. The quantitative estimate of drug-likeness (QED) is 0.427. The molecule has 146 valence electrons. The van der Waals surface area contributed by atoms with Crippen molar-refractivity contribution in [3.05, 3.63) is 51.3 Å². The van der Waals surface area contributed by atoms with Gasteiger partial charge in [-0.15, -0.1) is 0 Å². The Morgan fingerprint density at radius 2 is 1.86 bits per heavy atom. The van der Waals surface area contributed by atoms with Crippen molar-refractivity contribution in [3.63, 3.8) is 0 Å². The van der Waals surface area contributed by atoms with Gasteiger partial charge in [-0.2, -0.15) is 0 Å². The molecule has 7 heteroatoms. The second-order valence-electron chi connectivity index (χ2n) is 7.17. The molecule has 1 aromatic rings. The second kappa shape index (κ2) is 7.76. The zero-order valence-electron chi connectivity index (χ0n) is 15.9. The van der Waals surface area contributed by atoms with Gasteiger partial charge in [0.25, 0.3) is 11.8 Å². The number of hydrogen-bond donors (Lipinski definition) is 0. The molecule has 0 saturated carbocycles. The number of imide groups is 1. The summed E-state index contributed by atoms with van der Waals surface area (Å²) in [6.07, 6.45) is 3.07. The number of carbonyl (C=O) groups excluding carboxylic acids is 3. The summed E-state index contributed by atoms with van der Waals surface area (Å²) in [5.74, 6) is -1.20. The summed E-state index contributed by atoms with van der Waals surface area (Å²) < 4.78 is 5.02. The van der Waals surface area contributed by atoms with Crippen LogP contribution in [0.3, 0.4) is 0 Å². The smallest absolute Gasteiger partial charge is 0.393 e. The van der Waals surface area contributed by atoms with Crippen molar-refractivity contribution in [1.29, 1.82) is 0 Å². The highest BCUT2D eigenvalue weighted by Crippen LogP contribution is 2.37. The Hall–Kier alpha value is -2.65. The molecule has 2 amide bonds. The molecule has 1 unspecified atom stereocenters. The molecule has 1 heterocycles. The molecular formula is C21H21ClN2O4. The van der Waals surface area contributed by atoms with Gasteiger partial charge in [-0.1, -0.05) is 11.6 Å². The van der Waals surface area contributed by atoms with Gasteiger partial charge in [0.15, 0.2) is 0 Å². The fraction of sp³-hybridized carbons (Fsp3) is 0.429. The van der Waals surface area contributed by atoms with Crippen molar-refractivity contribution >= 4 is 35.1 Å². The first-order valence-electron chi connectivity index (χ1n) is 9.27. The number of anilines is 1. The average molecular weight is 401 g/mol. The maximum atomic E-state index is 12.8. The molecule has 0 N–H and O–H groups in total. The summed E-state index contributed by atoms with van der Waals surface area (Å²) >= 11 is 6.29. The number of rotatable bonds is 5. The van der Waals surface area contributed by atoms with Gasteiger partial charge in [0.2, 0.25) is 0 Å². The monoisotopic (exact) mass is 400 g/mol. The molecule has 0 radical (unpaired) electrons. The minimum Gasteiger partial charge on any atom is -0.460 e. The van der Waals surface area contributed by atoms with Crippen LogP contribution in [0.2, 0.25) is 5.02 Å². The van der Waals surface area contributed by atoms with Crippen molar-refractivity contribution < 1.29 is 19.1 Å². The van der Waals surface area contributed by atoms with Gasteiger partial charge in [0.05, 0.1) is 18.7 Å². The summed E-state index contributed by atoms with van der Waals surface area (Å²) in [5.41, 5.74) is 0.682. The number of ether oxygens (including phenoxy) is 1. The molecule has 2 aliphatic rings. The van der Waals surface area contributed by atoms with Crippen LogP contribution in [0.5, 0.6) is 0 Å². The number of carbonyl (C=O) groups is 3. The highest BCUT2D eigenvalue weighted by atomic mass is 35.5. The predicted octanol–water partition coefficient (Wildman–Crippen LogP) is 3.87. The molecule has 1 aliphatic carbocycles. The Morgan fingerprint density at radius 3 is 2.39 bits per heavy atom. The fourth-order valence-electron chi connectivity index (χ4n) is 3.62. The van der Waals surface area contributed by atoms with Crippen LogP contribution >= 0.6 is 11.6 Å². The maximum absolute atomic E-state index is 12.8. The van der Waals surface area contributed by atoms with Crippen molar-refractivity contribution in [2.75, 3.05) is 11.5 Å². The standard InChI is InChI=1S/C21H21ClN2O4/c1-4-28-20(27)21(2,23-3)12-13-11-14(9-10-17(13)22)24-18(25)15-7-5-6-8-16(15)19(24)26/h9-11H,4-8,12H2,1-2H3. The molecule has 1 aliphatic heterocycles. The third kappa shape index (κ3) is 3.43. The summed E-state index contributed by atoms with van der Waals surface area (Å²) in [6, 6.07) is 4.80. The van der Waals surface area contributed by atoms with Gasteiger partial charge in [-0.3, -0.25) is 14.4 Å². The van der Waals surface area contributed by atoms with Gasteiger partial charge in [0, 0.05) is 23.1 Å². The van der Waals surface area contributed by atoms with E-state index in [9.17, 15) is 14.4 Å². The Kier molecular flexibility index (Phi) is 5.57. The van der Waals surface area contributed by atoms with Gasteiger partial charge in [0.1, 0.15) is 0 Å². The largest absolute Gasteiger partial charge is 0.460 e. The van der Waals surface area contributed by atoms with E-state index >= 15 is 0 Å². The van der Waals surface area contributed by atoms with E-state index in [1.807, 2.05) is 0 Å². The Morgan fingerprint density at radius 1 is 1.25 bits per heavy atom. The van der Waals surface area contributed by atoms with Gasteiger partial charge in [-0.25, -0.2) is 16.3 Å². The number of hydrogen-bond acceptors (Lipinski definition) is 4. The van der Waals surface area contributed by atoms with Crippen LogP contribution in [0.1, 0.15) is 45.1 Å². The van der Waals surface area contributed by atoms with E-state index in [0.717, 1.165) is 12.8 Å². The zero-order valence-corrected chi connectivity index (χ0v) is 16.6. The van der Waals surface area contributed by atoms with Gasteiger partial charge < -0.3 is 4.74 Å². The van der Waals surface area contributed by atoms with Crippen molar-refractivity contribution in [2.45, 2.75) is 51.5 Å². The first-order chi connectivity index (χ1) is 13.3. The minimum atomic E-state index is -1.44. The first-order valence-corrected chi connectivity index (χ1v) is 9.65. The van der Waals surface area contributed by atoms with Crippen molar-refractivity contribution in [2.24, 2.45) is 0 Å². The maximum Gasteiger partial charge on any atom is 0.393 e. The van der Waals surface area contributed by atoms with Crippen LogP contribution in [0, 0.1) is 6.57 Å². The van der Waals surface area contributed by atoms with Crippen LogP contribution in [-0.2, 0) is 25.5 Å². The Labute approximate surface area is 168 Å². The van der Waals surface area contributed by atoms with Gasteiger partial charge >= 0.3 is 11.5 Å². The highest BCUT2D eigenvalue weighted by Gasteiger charge is 2.43. The van der Waals surface area contributed by atoms with E-state index in [1.165, 1.54) is 11.8 Å². The van der Waals surface area contributed by atoms with E-state index in [2.05, 4.69) is 4.85 Å². The van der Waals surface area contributed by atoms with Crippen LogP contribution in [-0.4, -0.2) is 29.9 Å². The van der Waals surface area contributed by atoms with Crippen molar-refractivity contribution in [1.82, 2.24) is 0 Å². The molecule has 1 atom stereocenters. The number of amides is 2. The minimum absolute atomic E-state index is 0.0192. The number of nitrogens with zero attached hydrogens (tertiary/aromatic N) is 2. The summed E-state index contributed by atoms with van der Waals surface area (Å²) in [5, 5.41) is 0.361. The SMILES string of the molecule is [C-]#[N+]C(C)(Cc1cc(N2C(=O)C3=C(CCCC3)C2=O)ccc1Cl)C(=O)OCC. The lowest BCUT2D eigenvalue weighted by Gasteiger charge is -2.19. The molecule has 6 nitrogen and oxygen atoms in total. The molecular weight excluding hydrogens is 380 g/mol. The van der Waals surface area contributed by atoms with Crippen LogP contribution in [0.15, 0.2) is 29.3 Å². The molecule has 28 heavy (non-hydrogen) atoms. The number of esters is 1. The number of halogens is 1. The van der Waals surface area contributed by atoms with E-state index in [1.54, 1.807) is 25.1 Å². The Bertz CT molecular complexity index is 903. The lowest BCUT2D eigenvalue weighted by Crippen LogP contribution is -2.36. The first kappa shape index (κ1) is 20.1. The molecule has 3 rings (SSSR count). The van der Waals surface area contributed by atoms with E-state index in [4.69, 9.17) is 22.9 Å². The van der Waals surface area contributed by atoms with E-state index < -0.39 is 11.5 Å². The third-order valence-corrected chi connectivity index (χ3v) is 5.54. The van der Waals surface area contributed by atoms with Crippen LogP contribution in [0.4, 0.5) is 5.69 Å². The molecule has 0 saturated heterocycles. The lowest BCUT2D eigenvalue weighted by molar-refractivity contribution is -0.147. The highest BCUT2D eigenvalue weighted by molar-refractivity contribution is 6.34. The van der Waals surface area contributed by atoms with Crippen molar-refractivity contribution in [3.8, 4) is 0 Å². The molecule has 0 bridgehead atoms. The topological polar surface area (TPSA) is 68.0 Å². The summed E-state index contributed by atoms with van der Waals surface area (Å²) in [6.45, 7) is 10.8. The predicted molar refractivity (Wildman–Crippen MR) is 105 cm³/mol. The molecule has 1 aromatic carbocycles. The van der Waals surface area contributed by atoms with E-state index in [-0.39, 0.29) is 24.8 Å². The fourth-order valence-corrected chi connectivity index (χ4v) is 3.81. The third-order valence-electron chi connectivity index (χ3n) is 5.17. The van der Waals surface area contributed by atoms with Crippen LogP contribution in [0.25, 0.3) is 4.85 Å². The zero-order chi connectivity index (χ0) is 20.5.